The number of ether oxygens (including phenoxy) is 3. The summed E-state index contributed by atoms with van der Waals surface area (Å²) >= 11 is 0. The van der Waals surface area contributed by atoms with Gasteiger partial charge in [-0.25, -0.2) is 8.42 Å². The highest BCUT2D eigenvalue weighted by Gasteiger charge is 2.28. The summed E-state index contributed by atoms with van der Waals surface area (Å²) < 4.78 is 41.3. The number of nitrogens with zero attached hydrogens (tertiary/aromatic N) is 1. The highest BCUT2D eigenvalue weighted by Crippen LogP contribution is 2.30. The van der Waals surface area contributed by atoms with Gasteiger partial charge in [-0.2, -0.15) is 0 Å². The summed E-state index contributed by atoms with van der Waals surface area (Å²) in [5.74, 6) is 0.775. The van der Waals surface area contributed by atoms with Crippen LogP contribution in [0, 0.1) is 5.92 Å². The van der Waals surface area contributed by atoms with E-state index in [-0.39, 0.29) is 23.4 Å². The SMILES string of the molecule is COc1cc(OC)cc(C(=O)N2CCC(C(=O)Nc3ccc(OC)c(NS(C)(=O)=O)c3)CC2)c1. The Labute approximate surface area is 199 Å². The van der Waals surface area contributed by atoms with Crippen LogP contribution < -0.4 is 24.2 Å². The maximum Gasteiger partial charge on any atom is 0.254 e. The van der Waals surface area contributed by atoms with Gasteiger partial charge in [0.1, 0.15) is 17.2 Å². The van der Waals surface area contributed by atoms with Crippen LogP contribution >= 0.6 is 0 Å². The minimum Gasteiger partial charge on any atom is -0.497 e. The fourth-order valence-corrected chi connectivity index (χ4v) is 4.33. The van der Waals surface area contributed by atoms with Crippen LogP contribution in [-0.2, 0) is 14.8 Å². The van der Waals surface area contributed by atoms with Gasteiger partial charge in [-0.15, -0.1) is 0 Å². The van der Waals surface area contributed by atoms with Gasteiger partial charge < -0.3 is 24.4 Å². The van der Waals surface area contributed by atoms with Crippen molar-refractivity contribution < 1.29 is 32.2 Å². The molecule has 1 saturated heterocycles. The summed E-state index contributed by atoms with van der Waals surface area (Å²) in [7, 11) is 0.959. The molecule has 184 valence electrons. The molecule has 0 radical (unpaired) electrons. The Balaban J connectivity index is 1.63. The third-order valence-electron chi connectivity index (χ3n) is 5.51. The molecule has 0 saturated carbocycles. The van der Waals surface area contributed by atoms with Crippen molar-refractivity contribution in [3.8, 4) is 17.2 Å². The van der Waals surface area contributed by atoms with E-state index in [4.69, 9.17) is 14.2 Å². The number of amides is 2. The Morgan fingerprint density at radius 3 is 2.09 bits per heavy atom. The topological polar surface area (TPSA) is 123 Å². The molecule has 1 heterocycles. The van der Waals surface area contributed by atoms with E-state index >= 15 is 0 Å². The van der Waals surface area contributed by atoms with Gasteiger partial charge >= 0.3 is 0 Å². The first-order chi connectivity index (χ1) is 16.1. The molecule has 10 nitrogen and oxygen atoms in total. The van der Waals surface area contributed by atoms with E-state index < -0.39 is 10.0 Å². The standard InChI is InChI=1S/C23H29N3O7S/c1-31-18-11-16(12-19(14-18)32-2)23(28)26-9-7-15(8-10-26)22(27)24-17-5-6-21(33-3)20(13-17)25-34(4,29)30/h5-6,11-15,25H,7-10H2,1-4H3,(H,24,27). The number of methoxy groups -OCH3 is 3. The first-order valence-corrected chi connectivity index (χ1v) is 12.5. The molecule has 3 rings (SSSR count). The lowest BCUT2D eigenvalue weighted by Crippen LogP contribution is -2.41. The Morgan fingerprint density at radius 1 is 0.941 bits per heavy atom. The molecule has 1 aliphatic rings. The molecule has 1 aliphatic heterocycles. The predicted molar refractivity (Wildman–Crippen MR) is 128 cm³/mol. The van der Waals surface area contributed by atoms with Crippen LogP contribution in [0.5, 0.6) is 17.2 Å². The zero-order chi connectivity index (χ0) is 24.9. The normalized spacial score (nSPS) is 14.3. The molecule has 0 aromatic heterocycles. The first-order valence-electron chi connectivity index (χ1n) is 10.6. The molecule has 2 amide bonds. The molecule has 2 N–H and O–H groups in total. The molecule has 11 heteroatoms. The Kier molecular flexibility index (Phi) is 7.87. The van der Waals surface area contributed by atoms with E-state index in [1.54, 1.807) is 35.2 Å². The van der Waals surface area contributed by atoms with Gasteiger partial charge in [0.15, 0.2) is 0 Å². The molecule has 0 aliphatic carbocycles. The van der Waals surface area contributed by atoms with Gasteiger partial charge in [-0.05, 0) is 43.2 Å². The summed E-state index contributed by atoms with van der Waals surface area (Å²) in [5, 5.41) is 2.83. The smallest absolute Gasteiger partial charge is 0.254 e. The fraction of sp³-hybridized carbons (Fsp3) is 0.391. The van der Waals surface area contributed by atoms with Crippen molar-refractivity contribution in [1.29, 1.82) is 0 Å². The molecule has 2 aromatic carbocycles. The molecule has 0 unspecified atom stereocenters. The maximum atomic E-state index is 13.0. The van der Waals surface area contributed by atoms with E-state index in [9.17, 15) is 18.0 Å². The number of benzene rings is 2. The van der Waals surface area contributed by atoms with Gasteiger partial charge in [-0.1, -0.05) is 0 Å². The van der Waals surface area contributed by atoms with E-state index in [1.807, 2.05) is 0 Å². The average Bonchev–Trinajstić information content (AvgIpc) is 2.82. The van der Waals surface area contributed by atoms with Crippen molar-refractivity contribution in [3.05, 3.63) is 42.0 Å². The van der Waals surface area contributed by atoms with Gasteiger partial charge in [0.05, 0.1) is 33.3 Å². The second-order valence-corrected chi connectivity index (χ2v) is 9.69. The van der Waals surface area contributed by atoms with Crippen molar-refractivity contribution in [2.24, 2.45) is 5.92 Å². The third-order valence-corrected chi connectivity index (χ3v) is 6.10. The number of piperidine rings is 1. The molecule has 2 aromatic rings. The van der Waals surface area contributed by atoms with E-state index in [2.05, 4.69) is 10.0 Å². The van der Waals surface area contributed by atoms with Crippen LogP contribution in [0.1, 0.15) is 23.2 Å². The van der Waals surface area contributed by atoms with Crippen LogP contribution in [0.25, 0.3) is 0 Å². The Hall–Kier alpha value is -3.47. The second kappa shape index (κ2) is 10.6. The highest BCUT2D eigenvalue weighted by molar-refractivity contribution is 7.92. The van der Waals surface area contributed by atoms with Crippen LogP contribution in [0.2, 0.25) is 0 Å². The average molecular weight is 492 g/mol. The lowest BCUT2D eigenvalue weighted by atomic mass is 9.95. The summed E-state index contributed by atoms with van der Waals surface area (Å²) in [4.78, 5) is 27.5. The molecule has 0 atom stereocenters. The predicted octanol–water partition coefficient (Wildman–Crippen LogP) is 2.57. The van der Waals surface area contributed by atoms with Crippen LogP contribution in [0.15, 0.2) is 36.4 Å². The molecule has 0 bridgehead atoms. The van der Waals surface area contributed by atoms with Crippen molar-refractivity contribution in [2.75, 3.05) is 50.7 Å². The molecule has 1 fully saturated rings. The van der Waals surface area contributed by atoms with Crippen LogP contribution in [-0.4, -0.2) is 65.8 Å². The number of likely N-dealkylation sites (tertiary alicyclic amines) is 1. The second-order valence-electron chi connectivity index (χ2n) is 7.95. The van der Waals surface area contributed by atoms with Gasteiger partial charge in [0.2, 0.25) is 15.9 Å². The number of hydrogen-bond donors (Lipinski definition) is 2. The quantitative estimate of drug-likeness (QED) is 0.582. The number of carbonyl (C=O) groups is 2. The fourth-order valence-electron chi connectivity index (χ4n) is 3.77. The number of carbonyl (C=O) groups excluding carboxylic acids is 2. The number of anilines is 2. The Bertz CT molecular complexity index is 1140. The van der Waals surface area contributed by atoms with Gasteiger partial charge in [-0.3, -0.25) is 14.3 Å². The zero-order valence-electron chi connectivity index (χ0n) is 19.6. The lowest BCUT2D eigenvalue weighted by Gasteiger charge is -2.31. The lowest BCUT2D eigenvalue weighted by molar-refractivity contribution is -0.121. The monoisotopic (exact) mass is 491 g/mol. The molecular weight excluding hydrogens is 462 g/mol. The molecule has 34 heavy (non-hydrogen) atoms. The van der Waals surface area contributed by atoms with E-state index in [1.165, 1.54) is 27.4 Å². The number of sulfonamides is 1. The third kappa shape index (κ3) is 6.31. The van der Waals surface area contributed by atoms with E-state index in [0.29, 0.717) is 54.4 Å². The largest absolute Gasteiger partial charge is 0.497 e. The first kappa shape index (κ1) is 25.2. The molecule has 0 spiro atoms. The minimum atomic E-state index is -3.52. The highest BCUT2D eigenvalue weighted by atomic mass is 32.2. The van der Waals surface area contributed by atoms with Crippen molar-refractivity contribution >= 4 is 33.2 Å². The van der Waals surface area contributed by atoms with Crippen LogP contribution in [0.4, 0.5) is 11.4 Å². The van der Waals surface area contributed by atoms with Gasteiger partial charge in [0, 0.05) is 36.3 Å². The minimum absolute atomic E-state index is 0.150. The number of rotatable bonds is 8. The van der Waals surface area contributed by atoms with E-state index in [0.717, 1.165) is 6.26 Å². The van der Waals surface area contributed by atoms with Crippen molar-refractivity contribution in [3.63, 3.8) is 0 Å². The summed E-state index contributed by atoms with van der Waals surface area (Å²) in [5.41, 5.74) is 1.14. The molecular formula is C23H29N3O7S. The number of hydrogen-bond acceptors (Lipinski definition) is 7. The van der Waals surface area contributed by atoms with Gasteiger partial charge in [0.25, 0.3) is 5.91 Å². The summed E-state index contributed by atoms with van der Waals surface area (Å²) in [6.07, 6.45) is 2.04. The number of nitrogens with one attached hydrogen (secondary N) is 2. The van der Waals surface area contributed by atoms with Crippen molar-refractivity contribution in [2.45, 2.75) is 12.8 Å². The summed E-state index contributed by atoms with van der Waals surface area (Å²) in [6, 6.07) is 9.74. The maximum absolute atomic E-state index is 13.0. The Morgan fingerprint density at radius 2 is 1.56 bits per heavy atom. The van der Waals surface area contributed by atoms with Crippen LogP contribution in [0.3, 0.4) is 0 Å². The summed E-state index contributed by atoms with van der Waals surface area (Å²) in [6.45, 7) is 0.861. The zero-order valence-corrected chi connectivity index (χ0v) is 20.4. The van der Waals surface area contributed by atoms with Crippen molar-refractivity contribution in [1.82, 2.24) is 4.90 Å².